The summed E-state index contributed by atoms with van der Waals surface area (Å²) in [4.78, 5) is 23.3. The van der Waals surface area contributed by atoms with Crippen LogP contribution in [0.15, 0.2) is 23.7 Å². The number of thiazole rings is 1. The number of rotatable bonds is 4. The van der Waals surface area contributed by atoms with E-state index in [0.29, 0.717) is 10.6 Å². The summed E-state index contributed by atoms with van der Waals surface area (Å²) in [6.45, 7) is 3.88. The van der Waals surface area contributed by atoms with Crippen molar-refractivity contribution in [2.75, 3.05) is 18.0 Å². The van der Waals surface area contributed by atoms with Gasteiger partial charge in [-0.1, -0.05) is 0 Å². The van der Waals surface area contributed by atoms with Crippen molar-refractivity contribution in [1.82, 2.24) is 9.97 Å². The van der Waals surface area contributed by atoms with Crippen LogP contribution >= 0.6 is 11.3 Å². The van der Waals surface area contributed by atoms with E-state index in [0.717, 1.165) is 24.6 Å². The van der Waals surface area contributed by atoms with E-state index in [4.69, 9.17) is 0 Å². The Kier molecular flexibility index (Phi) is 4.16. The monoisotopic (exact) mass is 312 g/mol. The van der Waals surface area contributed by atoms with Crippen LogP contribution in [0.2, 0.25) is 0 Å². The lowest BCUT2D eigenvalue weighted by Gasteiger charge is -2.16. The van der Waals surface area contributed by atoms with Gasteiger partial charge in [-0.15, -0.1) is 11.3 Å². The van der Waals surface area contributed by atoms with Gasteiger partial charge in [-0.25, -0.2) is 9.97 Å². The first-order chi connectivity index (χ1) is 10.7. The van der Waals surface area contributed by atoms with Crippen molar-refractivity contribution >= 4 is 22.9 Å². The van der Waals surface area contributed by atoms with Gasteiger partial charge in [0.05, 0.1) is 6.07 Å². The van der Waals surface area contributed by atoms with Gasteiger partial charge in [0, 0.05) is 35.9 Å². The second kappa shape index (κ2) is 6.24. The molecule has 0 unspecified atom stereocenters. The van der Waals surface area contributed by atoms with Gasteiger partial charge in [0.1, 0.15) is 10.8 Å². The minimum Gasteiger partial charge on any atom is -0.357 e. The molecule has 0 amide bonds. The van der Waals surface area contributed by atoms with Crippen LogP contribution in [0, 0.1) is 18.3 Å². The highest BCUT2D eigenvalue weighted by Gasteiger charge is 2.25. The Balaban J connectivity index is 1.80. The summed E-state index contributed by atoms with van der Waals surface area (Å²) in [5, 5.41) is 11.7. The van der Waals surface area contributed by atoms with E-state index in [1.165, 1.54) is 24.2 Å². The fourth-order valence-corrected chi connectivity index (χ4v) is 3.40. The lowest BCUT2D eigenvalue weighted by Crippen LogP contribution is -2.19. The number of aryl methyl sites for hydroxylation is 1. The number of pyridine rings is 1. The summed E-state index contributed by atoms with van der Waals surface area (Å²) in [6.07, 6.45) is 3.94. The minimum absolute atomic E-state index is 0.239. The molecule has 2 aromatic rings. The Labute approximate surface area is 133 Å². The molecule has 1 fully saturated rings. The summed E-state index contributed by atoms with van der Waals surface area (Å²) in [7, 11) is 0. The molecule has 1 atom stereocenters. The molecule has 6 heteroatoms. The molecule has 0 aliphatic carbocycles. The fourth-order valence-electron chi connectivity index (χ4n) is 2.56. The van der Waals surface area contributed by atoms with Crippen molar-refractivity contribution in [2.45, 2.75) is 25.7 Å². The third-order valence-corrected chi connectivity index (χ3v) is 4.76. The third kappa shape index (κ3) is 2.85. The molecule has 0 spiro atoms. The van der Waals surface area contributed by atoms with E-state index >= 15 is 0 Å². The zero-order valence-corrected chi connectivity index (χ0v) is 13.1. The summed E-state index contributed by atoms with van der Waals surface area (Å²) in [5.41, 5.74) is 1.29. The van der Waals surface area contributed by atoms with Gasteiger partial charge in [0.25, 0.3) is 0 Å². The van der Waals surface area contributed by atoms with Crippen LogP contribution in [-0.4, -0.2) is 28.8 Å². The van der Waals surface area contributed by atoms with Crippen LogP contribution in [0.1, 0.15) is 39.8 Å². The number of Topliss-reactive ketones (excluding diaryl/α,β-unsaturated/α-hetero) is 1. The van der Waals surface area contributed by atoms with Crippen molar-refractivity contribution < 1.29 is 4.79 Å². The van der Waals surface area contributed by atoms with E-state index in [1.807, 2.05) is 18.4 Å². The highest BCUT2D eigenvalue weighted by Crippen LogP contribution is 2.25. The average molecular weight is 312 g/mol. The number of ketones is 1. The number of hydrogen-bond donors (Lipinski definition) is 0. The number of carbonyl (C=O) groups excluding carboxylic acids is 1. The Hall–Kier alpha value is -2.26. The Morgan fingerprint density at radius 1 is 1.41 bits per heavy atom. The number of carbonyl (C=O) groups is 1. The molecule has 5 nitrogen and oxygen atoms in total. The van der Waals surface area contributed by atoms with E-state index in [2.05, 4.69) is 20.9 Å². The maximum Gasteiger partial charge on any atom is 0.188 e. The molecule has 0 bridgehead atoms. The average Bonchev–Trinajstić information content (AvgIpc) is 3.20. The number of aromatic nitrogens is 2. The Bertz CT molecular complexity index is 710. The number of nitrogens with zero attached hydrogens (tertiary/aromatic N) is 4. The lowest BCUT2D eigenvalue weighted by molar-refractivity contribution is 0.0978. The molecule has 0 aromatic carbocycles. The Morgan fingerprint density at radius 2 is 2.18 bits per heavy atom. The second-order valence-electron chi connectivity index (χ2n) is 5.35. The summed E-state index contributed by atoms with van der Waals surface area (Å²) in [6, 6.07) is 5.68. The normalized spacial score (nSPS) is 15.5. The highest BCUT2D eigenvalue weighted by atomic mass is 32.1. The van der Waals surface area contributed by atoms with Gasteiger partial charge in [-0.2, -0.15) is 5.26 Å². The van der Waals surface area contributed by atoms with Gasteiger partial charge in [0.15, 0.2) is 11.7 Å². The Morgan fingerprint density at radius 3 is 2.73 bits per heavy atom. The van der Waals surface area contributed by atoms with Crippen molar-refractivity contribution in [2.24, 2.45) is 0 Å². The summed E-state index contributed by atoms with van der Waals surface area (Å²) >= 11 is 1.35. The number of nitriles is 1. The molecule has 22 heavy (non-hydrogen) atoms. The van der Waals surface area contributed by atoms with Crippen molar-refractivity contribution in [3.05, 3.63) is 40.0 Å². The molecule has 112 valence electrons. The molecule has 1 aliphatic heterocycles. The number of hydrogen-bond acceptors (Lipinski definition) is 6. The molecule has 0 saturated carbocycles. The van der Waals surface area contributed by atoms with Crippen LogP contribution in [0.25, 0.3) is 0 Å². The third-order valence-electron chi connectivity index (χ3n) is 3.74. The van der Waals surface area contributed by atoms with Gasteiger partial charge in [-0.3, -0.25) is 4.79 Å². The van der Waals surface area contributed by atoms with Gasteiger partial charge >= 0.3 is 0 Å². The largest absolute Gasteiger partial charge is 0.357 e. The summed E-state index contributed by atoms with van der Waals surface area (Å²) < 4.78 is 0. The van der Waals surface area contributed by atoms with E-state index in [9.17, 15) is 10.1 Å². The van der Waals surface area contributed by atoms with Crippen LogP contribution in [0.3, 0.4) is 0 Å². The summed E-state index contributed by atoms with van der Waals surface area (Å²) in [5.74, 6) is -0.192. The zero-order valence-electron chi connectivity index (χ0n) is 12.3. The molecule has 0 N–H and O–H groups in total. The fraction of sp³-hybridized carbons (Fsp3) is 0.375. The van der Waals surface area contributed by atoms with Gasteiger partial charge in [0.2, 0.25) is 0 Å². The molecule has 1 aliphatic rings. The lowest BCUT2D eigenvalue weighted by atomic mass is 10.0. The van der Waals surface area contributed by atoms with Crippen LogP contribution in [0.5, 0.6) is 0 Å². The maximum atomic E-state index is 12.5. The van der Waals surface area contributed by atoms with E-state index in [-0.39, 0.29) is 5.78 Å². The quantitative estimate of drug-likeness (QED) is 0.812. The predicted octanol–water partition coefficient (Wildman–Crippen LogP) is 2.94. The first-order valence-corrected chi connectivity index (χ1v) is 8.14. The second-order valence-corrected chi connectivity index (χ2v) is 6.24. The highest BCUT2D eigenvalue weighted by molar-refractivity contribution is 7.10. The predicted molar refractivity (Wildman–Crippen MR) is 85.2 cm³/mol. The number of anilines is 1. The molecule has 0 radical (unpaired) electrons. The first-order valence-electron chi connectivity index (χ1n) is 7.26. The van der Waals surface area contributed by atoms with Gasteiger partial charge in [-0.05, 0) is 31.9 Å². The molecule has 3 rings (SSSR count). The van der Waals surface area contributed by atoms with Crippen molar-refractivity contribution in [1.29, 1.82) is 5.26 Å². The molecule has 3 heterocycles. The smallest absolute Gasteiger partial charge is 0.188 e. The zero-order chi connectivity index (χ0) is 15.5. The molecule has 1 saturated heterocycles. The first kappa shape index (κ1) is 14.7. The van der Waals surface area contributed by atoms with Crippen molar-refractivity contribution in [3.63, 3.8) is 0 Å². The van der Waals surface area contributed by atoms with E-state index in [1.54, 1.807) is 12.3 Å². The van der Waals surface area contributed by atoms with Gasteiger partial charge < -0.3 is 4.90 Å². The standard InChI is InChI=1S/C16H16N4OS/c1-11-10-22-16(19-11)13(8-17)15(21)12-4-5-14(18-9-12)20-6-2-3-7-20/h4-5,9-10,13H,2-3,6-7H2,1H3/t13-/m0/s1. The van der Waals surface area contributed by atoms with Crippen LogP contribution in [-0.2, 0) is 0 Å². The molecular weight excluding hydrogens is 296 g/mol. The van der Waals surface area contributed by atoms with Crippen LogP contribution in [0.4, 0.5) is 5.82 Å². The SMILES string of the molecule is Cc1csc([C@@H](C#N)C(=O)c2ccc(N3CCCC3)nc2)n1. The topological polar surface area (TPSA) is 69.9 Å². The maximum absolute atomic E-state index is 12.5. The molecular formula is C16H16N4OS. The van der Waals surface area contributed by atoms with Crippen LogP contribution < -0.4 is 4.90 Å². The van der Waals surface area contributed by atoms with Crippen molar-refractivity contribution in [3.8, 4) is 6.07 Å². The minimum atomic E-state index is -0.849. The van der Waals surface area contributed by atoms with E-state index < -0.39 is 5.92 Å². The molecule has 2 aromatic heterocycles.